The van der Waals surface area contributed by atoms with Crippen LogP contribution < -0.4 is 5.32 Å². The van der Waals surface area contributed by atoms with E-state index in [4.69, 9.17) is 4.74 Å². The fraction of sp³-hybridized carbons (Fsp3) is 0.108. The lowest BCUT2D eigenvalue weighted by atomic mass is 9.66. The lowest BCUT2D eigenvalue weighted by Gasteiger charge is -2.40. The van der Waals surface area contributed by atoms with Gasteiger partial charge in [-0.3, -0.25) is 35.1 Å². The SMILES string of the molecule is COC(=O)[C@](c1cccc(-c2ccccc2)c1)(c1cn(C)c2cccc([N+](=O)[O-])c12)[C@@H](Nc1ccccc1[N+](=O)[O-])c1ccc([N+](=O)[O-])cc1. The molecule has 0 spiro atoms. The minimum Gasteiger partial charge on any atom is -0.468 e. The van der Waals surface area contributed by atoms with E-state index < -0.39 is 32.2 Å². The summed E-state index contributed by atoms with van der Waals surface area (Å²) < 4.78 is 7.27. The van der Waals surface area contributed by atoms with Crippen LogP contribution in [0.5, 0.6) is 0 Å². The Bertz CT molecular complexity index is 2270. The molecule has 13 nitrogen and oxygen atoms in total. The van der Waals surface area contributed by atoms with Gasteiger partial charge in [-0.1, -0.05) is 78.9 Å². The zero-order chi connectivity index (χ0) is 35.6. The highest BCUT2D eigenvalue weighted by Gasteiger charge is 2.54. The molecule has 0 saturated carbocycles. The van der Waals surface area contributed by atoms with Gasteiger partial charge in [-0.05, 0) is 40.5 Å². The summed E-state index contributed by atoms with van der Waals surface area (Å²) in [5.74, 6) is -0.845. The molecule has 0 saturated heterocycles. The first-order chi connectivity index (χ1) is 24.1. The van der Waals surface area contributed by atoms with Gasteiger partial charge in [0, 0.05) is 43.1 Å². The number of anilines is 1. The third-order valence-corrected chi connectivity index (χ3v) is 8.82. The molecule has 13 heteroatoms. The molecule has 1 heterocycles. The van der Waals surface area contributed by atoms with Crippen molar-refractivity contribution in [2.45, 2.75) is 11.5 Å². The third-order valence-electron chi connectivity index (χ3n) is 8.82. The Morgan fingerprint density at radius 1 is 0.740 bits per heavy atom. The smallest absolute Gasteiger partial charge is 0.323 e. The van der Waals surface area contributed by atoms with Crippen molar-refractivity contribution in [2.24, 2.45) is 7.05 Å². The number of methoxy groups -OCH3 is 1. The summed E-state index contributed by atoms with van der Waals surface area (Å²) in [6.45, 7) is 0. The maximum absolute atomic E-state index is 14.9. The van der Waals surface area contributed by atoms with E-state index in [0.717, 1.165) is 5.56 Å². The number of para-hydroxylation sites is 2. The molecule has 6 rings (SSSR count). The van der Waals surface area contributed by atoms with E-state index in [2.05, 4.69) is 5.32 Å². The predicted molar refractivity (Wildman–Crippen MR) is 187 cm³/mol. The molecule has 0 aliphatic carbocycles. The van der Waals surface area contributed by atoms with Crippen LogP contribution in [-0.4, -0.2) is 32.4 Å². The maximum Gasteiger partial charge on any atom is 0.323 e. The number of benzene rings is 5. The molecule has 6 aromatic rings. The van der Waals surface area contributed by atoms with Crippen LogP contribution in [-0.2, 0) is 22.0 Å². The Kier molecular flexibility index (Phi) is 8.79. The van der Waals surface area contributed by atoms with Gasteiger partial charge in [-0.15, -0.1) is 0 Å². The molecule has 1 N–H and O–H groups in total. The normalized spacial score (nSPS) is 12.8. The second-order valence-electron chi connectivity index (χ2n) is 11.5. The predicted octanol–water partition coefficient (Wildman–Crippen LogP) is 7.88. The van der Waals surface area contributed by atoms with Crippen LogP contribution in [0, 0.1) is 30.3 Å². The van der Waals surface area contributed by atoms with Gasteiger partial charge < -0.3 is 14.6 Å². The number of nitro benzene ring substituents is 3. The number of esters is 1. The summed E-state index contributed by atoms with van der Waals surface area (Å²) >= 11 is 0. The Morgan fingerprint density at radius 2 is 1.36 bits per heavy atom. The van der Waals surface area contributed by atoms with Gasteiger partial charge in [0.2, 0.25) is 0 Å². The summed E-state index contributed by atoms with van der Waals surface area (Å²) in [6, 6.07) is 31.0. The first kappa shape index (κ1) is 33.0. The zero-order valence-corrected chi connectivity index (χ0v) is 26.8. The number of carbonyl (C=O) groups excluding carboxylic acids is 1. The molecule has 50 heavy (non-hydrogen) atoms. The van der Waals surface area contributed by atoms with Crippen LogP contribution in [0.3, 0.4) is 0 Å². The van der Waals surface area contributed by atoms with E-state index in [1.54, 1.807) is 54.2 Å². The zero-order valence-electron chi connectivity index (χ0n) is 26.8. The summed E-state index contributed by atoms with van der Waals surface area (Å²) in [6.07, 6.45) is 1.61. The average Bonchev–Trinajstić information content (AvgIpc) is 3.48. The second-order valence-corrected chi connectivity index (χ2v) is 11.5. The van der Waals surface area contributed by atoms with Crippen LogP contribution in [0.4, 0.5) is 22.7 Å². The number of ether oxygens (including phenoxy) is 1. The second kappa shape index (κ2) is 13.3. The molecule has 0 radical (unpaired) electrons. The van der Waals surface area contributed by atoms with Gasteiger partial charge in [-0.25, -0.2) is 0 Å². The van der Waals surface area contributed by atoms with Gasteiger partial charge in [0.25, 0.3) is 17.1 Å². The summed E-state index contributed by atoms with van der Waals surface area (Å²) in [5, 5.41) is 39.9. The van der Waals surface area contributed by atoms with E-state index in [9.17, 15) is 35.1 Å². The van der Waals surface area contributed by atoms with Crippen LogP contribution in [0.25, 0.3) is 22.0 Å². The van der Waals surface area contributed by atoms with Gasteiger partial charge in [0.1, 0.15) is 11.1 Å². The van der Waals surface area contributed by atoms with E-state index in [-0.39, 0.29) is 33.7 Å². The number of non-ortho nitro benzene ring substituents is 2. The number of aryl methyl sites for hydroxylation is 1. The first-order valence-electron chi connectivity index (χ1n) is 15.3. The molecular weight excluding hydrogens is 642 g/mol. The third kappa shape index (κ3) is 5.66. The highest BCUT2D eigenvalue weighted by Crippen LogP contribution is 2.51. The molecule has 0 amide bonds. The van der Waals surface area contributed by atoms with E-state index in [0.29, 0.717) is 22.2 Å². The van der Waals surface area contributed by atoms with E-state index in [1.807, 2.05) is 36.4 Å². The van der Waals surface area contributed by atoms with Gasteiger partial charge in [-0.2, -0.15) is 0 Å². The summed E-state index contributed by atoms with van der Waals surface area (Å²) in [5.41, 5.74) is -0.00915. The minimum absolute atomic E-state index is 0.0306. The van der Waals surface area contributed by atoms with Crippen molar-refractivity contribution in [3.63, 3.8) is 0 Å². The standard InChI is InChI=1S/C37H29N5O8/c1-39-23-29(34-32(39)16-9-17-33(34)42(48)49)37(36(43)50-2,27-13-8-12-26(22-27)24-10-4-3-5-11-24)35(25-18-20-28(21-19-25)40(44)45)38-30-14-6-7-15-31(30)41(46)47/h3-23,35,38H,1-2H3/t35-,37+/m0/s1. The van der Waals surface area contributed by atoms with Crippen molar-refractivity contribution in [1.29, 1.82) is 0 Å². The Hall–Kier alpha value is -6.89. The van der Waals surface area contributed by atoms with Crippen molar-refractivity contribution in [1.82, 2.24) is 4.57 Å². The Balaban J connectivity index is 1.80. The highest BCUT2D eigenvalue weighted by atomic mass is 16.6. The van der Waals surface area contributed by atoms with E-state index in [1.165, 1.54) is 55.6 Å². The number of hydrogen-bond donors (Lipinski definition) is 1. The molecule has 0 unspecified atom stereocenters. The van der Waals surface area contributed by atoms with Crippen molar-refractivity contribution < 1.29 is 24.3 Å². The molecule has 0 fully saturated rings. The fourth-order valence-corrected chi connectivity index (χ4v) is 6.58. The van der Waals surface area contributed by atoms with Crippen molar-refractivity contribution in [3.05, 3.63) is 175 Å². The van der Waals surface area contributed by atoms with E-state index >= 15 is 0 Å². The number of rotatable bonds is 11. The van der Waals surface area contributed by atoms with Crippen LogP contribution in [0.1, 0.15) is 22.7 Å². The van der Waals surface area contributed by atoms with Crippen molar-refractivity contribution >= 4 is 39.6 Å². The molecule has 5 aromatic carbocycles. The number of nitrogens with zero attached hydrogens (tertiary/aromatic N) is 4. The van der Waals surface area contributed by atoms with Crippen molar-refractivity contribution in [3.8, 4) is 11.1 Å². The molecular formula is C37H29N5O8. The number of fused-ring (bicyclic) bond motifs is 1. The monoisotopic (exact) mass is 671 g/mol. The van der Waals surface area contributed by atoms with Gasteiger partial charge in [0.15, 0.2) is 0 Å². The van der Waals surface area contributed by atoms with Crippen LogP contribution in [0.15, 0.2) is 128 Å². The largest absolute Gasteiger partial charge is 0.468 e. The molecule has 1 aromatic heterocycles. The van der Waals surface area contributed by atoms with Gasteiger partial charge in [0.05, 0.1) is 38.8 Å². The summed E-state index contributed by atoms with van der Waals surface area (Å²) in [7, 11) is 2.88. The number of carbonyl (C=O) groups is 1. The van der Waals surface area contributed by atoms with Crippen LogP contribution >= 0.6 is 0 Å². The molecule has 0 aliphatic heterocycles. The average molecular weight is 672 g/mol. The quantitative estimate of drug-likeness (QED) is 0.0816. The highest BCUT2D eigenvalue weighted by molar-refractivity contribution is 6.01. The minimum atomic E-state index is -2.01. The Morgan fingerprint density at radius 3 is 2.02 bits per heavy atom. The van der Waals surface area contributed by atoms with Crippen molar-refractivity contribution in [2.75, 3.05) is 12.4 Å². The number of nitrogens with one attached hydrogen (secondary N) is 1. The lowest BCUT2D eigenvalue weighted by Crippen LogP contribution is -2.47. The maximum atomic E-state index is 14.9. The summed E-state index contributed by atoms with van der Waals surface area (Å²) in [4.78, 5) is 49.8. The van der Waals surface area contributed by atoms with Crippen LogP contribution in [0.2, 0.25) is 0 Å². The first-order valence-corrected chi connectivity index (χ1v) is 15.3. The molecule has 2 atom stereocenters. The number of aromatic nitrogens is 1. The number of hydrogen-bond acceptors (Lipinski definition) is 9. The lowest BCUT2D eigenvalue weighted by molar-refractivity contribution is -0.384. The number of nitro groups is 3. The molecule has 0 bridgehead atoms. The Labute approximate surface area is 284 Å². The molecule has 250 valence electrons. The molecule has 0 aliphatic rings. The van der Waals surface area contributed by atoms with Gasteiger partial charge >= 0.3 is 5.97 Å². The fourth-order valence-electron chi connectivity index (χ4n) is 6.58. The topological polar surface area (TPSA) is 173 Å².